The smallest absolute Gasteiger partial charge is 0.407 e. The summed E-state index contributed by atoms with van der Waals surface area (Å²) in [6, 6.07) is 9.50. The third-order valence-electron chi connectivity index (χ3n) is 2.92. The molecule has 5 heteroatoms. The number of carbonyl (C=O) groups is 2. The van der Waals surface area contributed by atoms with Crippen molar-refractivity contribution in [3.8, 4) is 0 Å². The normalized spacial score (nSPS) is 9.35. The zero-order valence-electron chi connectivity index (χ0n) is 14.6. The first-order valence-corrected chi connectivity index (χ1v) is 8.43. The molecule has 0 unspecified atom stereocenters. The third-order valence-corrected chi connectivity index (χ3v) is 2.92. The van der Waals surface area contributed by atoms with Gasteiger partial charge in [0.2, 0.25) is 5.91 Å². The lowest BCUT2D eigenvalue weighted by atomic mass is 10.2. The number of unbranched alkanes of at least 4 members (excludes halogenated alkanes) is 1. The molecule has 130 valence electrons. The van der Waals surface area contributed by atoms with E-state index in [0.29, 0.717) is 19.4 Å². The number of nitrogens with one attached hydrogen (secondary N) is 2. The summed E-state index contributed by atoms with van der Waals surface area (Å²) >= 11 is 0. The van der Waals surface area contributed by atoms with Gasteiger partial charge in [-0.1, -0.05) is 57.5 Å². The average Bonchev–Trinajstić information content (AvgIpc) is 2.60. The second kappa shape index (κ2) is 14.9. The molecule has 1 aromatic carbocycles. The minimum absolute atomic E-state index is 0.0305. The second-order valence-electron chi connectivity index (χ2n) is 4.80. The maximum atomic E-state index is 11.4. The van der Waals surface area contributed by atoms with Crippen LogP contribution in [0.4, 0.5) is 4.79 Å². The molecule has 0 atom stereocenters. The van der Waals surface area contributed by atoms with Gasteiger partial charge < -0.3 is 15.4 Å². The third kappa shape index (κ3) is 12.2. The van der Waals surface area contributed by atoms with Crippen molar-refractivity contribution < 1.29 is 14.3 Å². The van der Waals surface area contributed by atoms with Gasteiger partial charge in [-0.3, -0.25) is 4.79 Å². The predicted molar refractivity (Wildman–Crippen MR) is 93.1 cm³/mol. The Labute approximate surface area is 139 Å². The van der Waals surface area contributed by atoms with Gasteiger partial charge in [0.25, 0.3) is 0 Å². The van der Waals surface area contributed by atoms with Crippen LogP contribution >= 0.6 is 0 Å². The predicted octanol–water partition coefficient (Wildman–Crippen LogP) is 3.64. The highest BCUT2D eigenvalue weighted by atomic mass is 16.5. The Morgan fingerprint density at radius 2 is 1.65 bits per heavy atom. The van der Waals surface area contributed by atoms with E-state index in [2.05, 4.69) is 17.6 Å². The van der Waals surface area contributed by atoms with E-state index in [0.717, 1.165) is 24.9 Å². The summed E-state index contributed by atoms with van der Waals surface area (Å²) < 4.78 is 5.06. The number of alkyl carbamates (subject to hydrolysis) is 1. The lowest BCUT2D eigenvalue weighted by molar-refractivity contribution is -0.121. The van der Waals surface area contributed by atoms with Gasteiger partial charge in [0.1, 0.15) is 6.61 Å². The Balaban J connectivity index is 0.00000232. The molecule has 0 aliphatic carbocycles. The molecule has 0 aromatic heterocycles. The van der Waals surface area contributed by atoms with Gasteiger partial charge in [0.15, 0.2) is 0 Å². The standard InChI is InChI=1S/C16H24N2O3.C2H6/c1-2-3-11-17-15(19)10-7-12-18-16(20)21-13-14-8-5-4-6-9-14;1-2/h4-6,8-9H,2-3,7,10-13H2,1H3,(H,17,19)(H,18,20);1-2H3. The van der Waals surface area contributed by atoms with Gasteiger partial charge in [-0.15, -0.1) is 0 Å². The van der Waals surface area contributed by atoms with Crippen LogP contribution in [0.1, 0.15) is 52.0 Å². The van der Waals surface area contributed by atoms with Gasteiger partial charge in [0.05, 0.1) is 0 Å². The molecule has 23 heavy (non-hydrogen) atoms. The number of benzene rings is 1. The molecule has 0 aliphatic heterocycles. The molecule has 2 N–H and O–H groups in total. The molecule has 0 bridgehead atoms. The molecule has 0 radical (unpaired) electrons. The van der Waals surface area contributed by atoms with Crippen LogP contribution in [0, 0.1) is 0 Å². The zero-order valence-corrected chi connectivity index (χ0v) is 14.6. The van der Waals surface area contributed by atoms with E-state index in [1.165, 1.54) is 0 Å². The van der Waals surface area contributed by atoms with Crippen LogP contribution in [0.15, 0.2) is 30.3 Å². The maximum Gasteiger partial charge on any atom is 0.407 e. The average molecular weight is 322 g/mol. The molecule has 0 heterocycles. The van der Waals surface area contributed by atoms with Gasteiger partial charge >= 0.3 is 6.09 Å². The Kier molecular flexibility index (Phi) is 13.6. The van der Waals surface area contributed by atoms with Crippen molar-refractivity contribution >= 4 is 12.0 Å². The van der Waals surface area contributed by atoms with E-state index in [-0.39, 0.29) is 12.5 Å². The molecule has 1 rings (SSSR count). The summed E-state index contributed by atoms with van der Waals surface area (Å²) in [5.41, 5.74) is 0.947. The Morgan fingerprint density at radius 3 is 2.30 bits per heavy atom. The molecule has 0 aliphatic rings. The van der Waals surface area contributed by atoms with E-state index >= 15 is 0 Å². The SMILES string of the molecule is CC.CCCCNC(=O)CCCNC(=O)OCc1ccccc1. The number of amides is 2. The highest BCUT2D eigenvalue weighted by Gasteiger charge is 2.03. The Morgan fingerprint density at radius 1 is 1.00 bits per heavy atom. The van der Waals surface area contributed by atoms with Crippen molar-refractivity contribution in [2.24, 2.45) is 0 Å². The monoisotopic (exact) mass is 322 g/mol. The lowest BCUT2D eigenvalue weighted by Crippen LogP contribution is -2.28. The van der Waals surface area contributed by atoms with Crippen LogP contribution in [0.25, 0.3) is 0 Å². The summed E-state index contributed by atoms with van der Waals surface area (Å²) in [7, 11) is 0. The van der Waals surface area contributed by atoms with Crippen molar-refractivity contribution in [1.29, 1.82) is 0 Å². The van der Waals surface area contributed by atoms with Crippen molar-refractivity contribution in [3.05, 3.63) is 35.9 Å². The van der Waals surface area contributed by atoms with E-state index in [1.807, 2.05) is 44.2 Å². The molecule has 0 saturated heterocycles. The van der Waals surface area contributed by atoms with E-state index in [1.54, 1.807) is 0 Å². The molecule has 0 spiro atoms. The Hall–Kier alpha value is -2.04. The second-order valence-corrected chi connectivity index (χ2v) is 4.80. The van der Waals surface area contributed by atoms with Gasteiger partial charge in [-0.2, -0.15) is 0 Å². The number of ether oxygens (including phenoxy) is 1. The van der Waals surface area contributed by atoms with Gasteiger partial charge in [-0.05, 0) is 18.4 Å². The van der Waals surface area contributed by atoms with Crippen LogP contribution in [-0.4, -0.2) is 25.1 Å². The van der Waals surface area contributed by atoms with Crippen molar-refractivity contribution in [3.63, 3.8) is 0 Å². The van der Waals surface area contributed by atoms with Crippen LogP contribution in [0.2, 0.25) is 0 Å². The molecule has 0 fully saturated rings. The van der Waals surface area contributed by atoms with Crippen molar-refractivity contribution in [2.45, 2.75) is 53.1 Å². The van der Waals surface area contributed by atoms with Gasteiger partial charge in [-0.25, -0.2) is 4.79 Å². The summed E-state index contributed by atoms with van der Waals surface area (Å²) in [5, 5.41) is 5.47. The Bertz CT molecular complexity index is 422. The van der Waals surface area contributed by atoms with Crippen LogP contribution < -0.4 is 10.6 Å². The summed E-state index contributed by atoms with van der Waals surface area (Å²) in [6.45, 7) is 7.50. The number of rotatable bonds is 9. The zero-order chi connectivity index (χ0) is 17.3. The largest absolute Gasteiger partial charge is 0.445 e. The number of hydrogen-bond donors (Lipinski definition) is 2. The summed E-state index contributed by atoms with van der Waals surface area (Å²) in [4.78, 5) is 22.9. The van der Waals surface area contributed by atoms with Crippen molar-refractivity contribution in [2.75, 3.05) is 13.1 Å². The van der Waals surface area contributed by atoms with Gasteiger partial charge in [0, 0.05) is 19.5 Å². The fraction of sp³-hybridized carbons (Fsp3) is 0.556. The highest BCUT2D eigenvalue weighted by Crippen LogP contribution is 2.00. The molecule has 1 aromatic rings. The van der Waals surface area contributed by atoms with Crippen LogP contribution in [0.3, 0.4) is 0 Å². The topological polar surface area (TPSA) is 67.4 Å². The first-order valence-electron chi connectivity index (χ1n) is 8.43. The molecule has 0 saturated carbocycles. The first-order chi connectivity index (χ1) is 11.2. The van der Waals surface area contributed by atoms with Crippen LogP contribution in [-0.2, 0) is 16.1 Å². The first kappa shape index (κ1) is 21.0. The summed E-state index contributed by atoms with van der Waals surface area (Å²) in [6.07, 6.45) is 2.64. The lowest BCUT2D eigenvalue weighted by Gasteiger charge is -2.07. The maximum absolute atomic E-state index is 11.4. The summed E-state index contributed by atoms with van der Waals surface area (Å²) in [5.74, 6) is 0.0305. The number of hydrogen-bond acceptors (Lipinski definition) is 3. The molecule has 2 amide bonds. The molecular weight excluding hydrogens is 292 g/mol. The number of carbonyl (C=O) groups excluding carboxylic acids is 2. The van der Waals surface area contributed by atoms with E-state index in [9.17, 15) is 9.59 Å². The minimum atomic E-state index is -0.453. The molecular formula is C18H30N2O3. The van der Waals surface area contributed by atoms with E-state index in [4.69, 9.17) is 4.74 Å². The fourth-order valence-electron chi connectivity index (χ4n) is 1.71. The highest BCUT2D eigenvalue weighted by molar-refractivity contribution is 5.75. The van der Waals surface area contributed by atoms with E-state index < -0.39 is 6.09 Å². The fourth-order valence-corrected chi connectivity index (χ4v) is 1.71. The van der Waals surface area contributed by atoms with Crippen LogP contribution in [0.5, 0.6) is 0 Å². The molecule has 5 nitrogen and oxygen atoms in total. The minimum Gasteiger partial charge on any atom is -0.445 e. The van der Waals surface area contributed by atoms with Crippen molar-refractivity contribution in [1.82, 2.24) is 10.6 Å². The quantitative estimate of drug-likeness (QED) is 0.682.